The number of aromatic nitrogens is 1. The van der Waals surface area contributed by atoms with Gasteiger partial charge in [-0.05, 0) is 11.5 Å². The Bertz CT molecular complexity index is 489. The predicted octanol–water partition coefficient (Wildman–Crippen LogP) is 2.43. The number of hydrogen-bond acceptors (Lipinski definition) is 4. The van der Waals surface area contributed by atoms with Crippen molar-refractivity contribution in [3.63, 3.8) is 0 Å². The molecule has 1 atom stereocenters. The molecule has 0 aromatic carbocycles. The number of pyridine rings is 1. The maximum Gasteiger partial charge on any atom is 0.218 e. The third kappa shape index (κ3) is 7.34. The Morgan fingerprint density at radius 2 is 2.00 bits per heavy atom. The third-order valence-electron chi connectivity index (χ3n) is 3.42. The third-order valence-corrected chi connectivity index (χ3v) is 3.42. The molecule has 132 valence electrons. The van der Waals surface area contributed by atoms with E-state index in [1.54, 1.807) is 27.5 Å². The summed E-state index contributed by atoms with van der Waals surface area (Å²) in [5.41, 5.74) is 1.04. The molecule has 1 aromatic rings. The molecular weight excluding hydrogens is 407 g/mol. The normalized spacial score (nSPS) is 13.0. The molecule has 0 fully saturated rings. The molecule has 0 radical (unpaired) electrons. The highest BCUT2D eigenvalue weighted by Crippen LogP contribution is 2.20. The minimum Gasteiger partial charge on any atom is -0.481 e. The Kier molecular flexibility index (Phi) is 10.1. The molecule has 0 saturated carbocycles. The van der Waals surface area contributed by atoms with E-state index in [0.29, 0.717) is 19.0 Å². The van der Waals surface area contributed by atoms with Crippen LogP contribution in [-0.2, 0) is 11.3 Å². The number of nitrogens with zero attached hydrogens (tertiary/aromatic N) is 2. The molecule has 0 spiro atoms. The van der Waals surface area contributed by atoms with Crippen LogP contribution in [0.15, 0.2) is 23.3 Å². The summed E-state index contributed by atoms with van der Waals surface area (Å²) in [7, 11) is 5.09. The first kappa shape index (κ1) is 21.9. The quantitative estimate of drug-likeness (QED) is 0.408. The van der Waals surface area contributed by atoms with Crippen molar-refractivity contribution >= 4 is 29.9 Å². The number of hydrogen-bond donors (Lipinski definition) is 2. The SMILES string of the molecule is CN=C(NCc1cccnc1OC)NCC(OC)C(C)(C)C.I. The fourth-order valence-corrected chi connectivity index (χ4v) is 2.07. The second-order valence-corrected chi connectivity index (χ2v) is 6.07. The van der Waals surface area contributed by atoms with E-state index in [9.17, 15) is 0 Å². The molecule has 0 aliphatic heterocycles. The number of aliphatic imine (C=N–C) groups is 1. The summed E-state index contributed by atoms with van der Waals surface area (Å²) in [4.78, 5) is 8.40. The standard InChI is InChI=1S/C16H28N4O2.HI/c1-16(2,3)13(21-5)11-20-15(17-4)19-10-12-8-7-9-18-14(12)22-6;/h7-9,13H,10-11H2,1-6H3,(H2,17,19,20);1H. The monoisotopic (exact) mass is 436 g/mol. The Hall–Kier alpha value is -1.09. The van der Waals surface area contributed by atoms with Gasteiger partial charge in [-0.3, -0.25) is 4.99 Å². The van der Waals surface area contributed by atoms with Crippen molar-refractivity contribution in [3.8, 4) is 5.88 Å². The van der Waals surface area contributed by atoms with Gasteiger partial charge in [-0.2, -0.15) is 0 Å². The second-order valence-electron chi connectivity index (χ2n) is 6.07. The number of nitrogens with one attached hydrogen (secondary N) is 2. The van der Waals surface area contributed by atoms with E-state index < -0.39 is 0 Å². The van der Waals surface area contributed by atoms with Gasteiger partial charge in [0.2, 0.25) is 5.88 Å². The van der Waals surface area contributed by atoms with Crippen molar-refractivity contribution in [2.75, 3.05) is 27.8 Å². The number of ether oxygens (including phenoxy) is 2. The molecule has 0 saturated heterocycles. The van der Waals surface area contributed by atoms with E-state index in [-0.39, 0.29) is 35.5 Å². The van der Waals surface area contributed by atoms with Gasteiger partial charge in [0.25, 0.3) is 0 Å². The zero-order valence-corrected chi connectivity index (χ0v) is 17.2. The van der Waals surface area contributed by atoms with Crippen molar-refractivity contribution in [3.05, 3.63) is 23.9 Å². The molecular formula is C16H29IN4O2. The van der Waals surface area contributed by atoms with Gasteiger partial charge >= 0.3 is 0 Å². The molecule has 7 heteroatoms. The average molecular weight is 436 g/mol. The lowest BCUT2D eigenvalue weighted by atomic mass is 9.89. The predicted molar refractivity (Wildman–Crippen MR) is 105 cm³/mol. The van der Waals surface area contributed by atoms with Gasteiger partial charge in [-0.25, -0.2) is 4.98 Å². The molecule has 1 heterocycles. The van der Waals surface area contributed by atoms with Crippen LogP contribution in [0.25, 0.3) is 0 Å². The van der Waals surface area contributed by atoms with Gasteiger partial charge in [0.1, 0.15) is 0 Å². The van der Waals surface area contributed by atoms with Gasteiger partial charge in [-0.1, -0.05) is 26.8 Å². The lowest BCUT2D eigenvalue weighted by molar-refractivity contribution is 0.0205. The minimum absolute atomic E-state index is 0. The fraction of sp³-hybridized carbons (Fsp3) is 0.625. The lowest BCUT2D eigenvalue weighted by Crippen LogP contribution is -2.45. The van der Waals surface area contributed by atoms with Crippen LogP contribution in [-0.4, -0.2) is 44.9 Å². The van der Waals surface area contributed by atoms with Crippen molar-refractivity contribution < 1.29 is 9.47 Å². The highest BCUT2D eigenvalue weighted by Gasteiger charge is 2.24. The molecule has 0 amide bonds. The summed E-state index contributed by atoms with van der Waals surface area (Å²) in [5.74, 6) is 1.34. The van der Waals surface area contributed by atoms with Crippen LogP contribution in [0, 0.1) is 5.41 Å². The van der Waals surface area contributed by atoms with Gasteiger partial charge < -0.3 is 20.1 Å². The highest BCUT2D eigenvalue weighted by molar-refractivity contribution is 14.0. The number of rotatable bonds is 6. The molecule has 0 aliphatic carbocycles. The first-order valence-corrected chi connectivity index (χ1v) is 7.37. The highest BCUT2D eigenvalue weighted by atomic mass is 127. The number of guanidine groups is 1. The molecule has 0 aliphatic rings. The molecule has 6 nitrogen and oxygen atoms in total. The zero-order chi connectivity index (χ0) is 16.6. The van der Waals surface area contributed by atoms with Crippen LogP contribution < -0.4 is 15.4 Å². The first-order valence-electron chi connectivity index (χ1n) is 7.37. The Labute approximate surface area is 156 Å². The largest absolute Gasteiger partial charge is 0.481 e. The summed E-state index contributed by atoms with van der Waals surface area (Å²) in [6.45, 7) is 7.73. The van der Waals surface area contributed by atoms with Crippen molar-refractivity contribution in [2.24, 2.45) is 10.4 Å². The van der Waals surface area contributed by atoms with Crippen LogP contribution in [0.1, 0.15) is 26.3 Å². The van der Waals surface area contributed by atoms with Crippen LogP contribution in [0.3, 0.4) is 0 Å². The minimum atomic E-state index is 0. The molecule has 1 aromatic heterocycles. The molecule has 1 rings (SSSR count). The lowest BCUT2D eigenvalue weighted by Gasteiger charge is -2.30. The average Bonchev–Trinajstić information content (AvgIpc) is 2.49. The summed E-state index contributed by atoms with van der Waals surface area (Å²) >= 11 is 0. The maximum absolute atomic E-state index is 5.53. The van der Waals surface area contributed by atoms with E-state index in [2.05, 4.69) is 41.4 Å². The van der Waals surface area contributed by atoms with Crippen LogP contribution in [0.5, 0.6) is 5.88 Å². The zero-order valence-electron chi connectivity index (χ0n) is 14.8. The van der Waals surface area contributed by atoms with Gasteiger partial charge in [-0.15, -0.1) is 24.0 Å². The molecule has 2 N–H and O–H groups in total. The summed E-state index contributed by atoms with van der Waals surface area (Å²) in [6, 6.07) is 3.86. The smallest absolute Gasteiger partial charge is 0.218 e. The van der Waals surface area contributed by atoms with Crippen molar-refractivity contribution in [2.45, 2.75) is 33.4 Å². The van der Waals surface area contributed by atoms with E-state index in [0.717, 1.165) is 11.5 Å². The summed E-state index contributed by atoms with van der Waals surface area (Å²) < 4.78 is 10.8. The molecule has 23 heavy (non-hydrogen) atoms. The first-order chi connectivity index (χ1) is 10.4. The molecule has 0 bridgehead atoms. The fourth-order valence-electron chi connectivity index (χ4n) is 2.07. The van der Waals surface area contributed by atoms with Crippen molar-refractivity contribution in [1.29, 1.82) is 0 Å². The Morgan fingerprint density at radius 1 is 1.30 bits per heavy atom. The Balaban J connectivity index is 0.00000484. The van der Waals surface area contributed by atoms with Gasteiger partial charge in [0.15, 0.2) is 5.96 Å². The van der Waals surface area contributed by atoms with Gasteiger partial charge in [0, 0.05) is 39.0 Å². The van der Waals surface area contributed by atoms with E-state index in [1.165, 1.54) is 0 Å². The summed E-state index contributed by atoms with van der Waals surface area (Å²) in [6.07, 6.45) is 1.81. The Morgan fingerprint density at radius 3 is 2.52 bits per heavy atom. The van der Waals surface area contributed by atoms with E-state index in [1.807, 2.05) is 12.1 Å². The van der Waals surface area contributed by atoms with Crippen LogP contribution >= 0.6 is 24.0 Å². The summed E-state index contributed by atoms with van der Waals surface area (Å²) in [5, 5.41) is 6.54. The number of halogens is 1. The maximum atomic E-state index is 5.53. The topological polar surface area (TPSA) is 67.8 Å². The van der Waals surface area contributed by atoms with Crippen molar-refractivity contribution in [1.82, 2.24) is 15.6 Å². The van der Waals surface area contributed by atoms with Gasteiger partial charge in [0.05, 0.1) is 13.2 Å². The van der Waals surface area contributed by atoms with Crippen LogP contribution in [0.2, 0.25) is 0 Å². The van der Waals surface area contributed by atoms with E-state index >= 15 is 0 Å². The molecule has 1 unspecified atom stereocenters. The van der Waals surface area contributed by atoms with Crippen LogP contribution in [0.4, 0.5) is 0 Å². The second kappa shape index (κ2) is 10.6. The van der Waals surface area contributed by atoms with E-state index in [4.69, 9.17) is 9.47 Å². The number of methoxy groups -OCH3 is 2.